The average molecular weight is 216 g/mol. The minimum atomic E-state index is -0.295. The third-order valence-corrected chi connectivity index (χ3v) is 2.37. The van der Waals surface area contributed by atoms with Gasteiger partial charge in [0.2, 0.25) is 5.91 Å². The maximum atomic E-state index is 11.1. The van der Waals surface area contributed by atoms with Crippen molar-refractivity contribution in [3.05, 3.63) is 0 Å². The number of nitrogens with two attached hydrogens (primary N) is 1. The summed E-state index contributed by atoms with van der Waals surface area (Å²) < 4.78 is 5.50. The fraction of sp³-hybridized carbons (Fsp3) is 0.909. The molecule has 90 valence electrons. The lowest BCUT2D eigenvalue weighted by atomic mass is 10.2. The van der Waals surface area contributed by atoms with Gasteiger partial charge in [0.1, 0.15) is 0 Å². The van der Waals surface area contributed by atoms with E-state index in [1.54, 1.807) is 0 Å². The summed E-state index contributed by atoms with van der Waals surface area (Å²) in [7, 11) is 0. The molecule has 1 amide bonds. The van der Waals surface area contributed by atoms with Crippen molar-refractivity contribution in [2.45, 2.75) is 52.2 Å². The fourth-order valence-corrected chi connectivity index (χ4v) is 1.17. The zero-order valence-electron chi connectivity index (χ0n) is 10.1. The highest BCUT2D eigenvalue weighted by Crippen LogP contribution is 1.99. The number of carbonyl (C=O) groups is 1. The first kappa shape index (κ1) is 14.4. The predicted octanol–water partition coefficient (Wildman–Crippen LogP) is 1.05. The van der Waals surface area contributed by atoms with Crippen LogP contribution in [0.3, 0.4) is 0 Å². The number of carbonyl (C=O) groups excluding carboxylic acids is 1. The van der Waals surface area contributed by atoms with Crippen LogP contribution in [0.15, 0.2) is 0 Å². The normalized spacial score (nSPS) is 14.9. The van der Waals surface area contributed by atoms with E-state index in [2.05, 4.69) is 19.2 Å². The van der Waals surface area contributed by atoms with Gasteiger partial charge >= 0.3 is 0 Å². The van der Waals surface area contributed by atoms with Crippen LogP contribution >= 0.6 is 0 Å². The second-order valence-corrected chi connectivity index (χ2v) is 3.79. The number of primary amides is 1. The predicted molar refractivity (Wildman–Crippen MR) is 61.6 cm³/mol. The molecule has 2 atom stereocenters. The van der Waals surface area contributed by atoms with Gasteiger partial charge in [-0.2, -0.15) is 0 Å². The van der Waals surface area contributed by atoms with Gasteiger partial charge in [-0.05, 0) is 32.7 Å². The van der Waals surface area contributed by atoms with Crippen LogP contribution in [0, 0.1) is 0 Å². The Hall–Kier alpha value is -0.610. The van der Waals surface area contributed by atoms with Gasteiger partial charge < -0.3 is 15.8 Å². The van der Waals surface area contributed by atoms with E-state index in [0.717, 1.165) is 19.4 Å². The largest absolute Gasteiger partial charge is 0.378 e. The molecule has 0 heterocycles. The lowest BCUT2D eigenvalue weighted by Crippen LogP contribution is -2.42. The van der Waals surface area contributed by atoms with E-state index in [1.165, 1.54) is 0 Å². The Morgan fingerprint density at radius 1 is 1.47 bits per heavy atom. The first-order valence-corrected chi connectivity index (χ1v) is 5.76. The van der Waals surface area contributed by atoms with E-state index in [1.807, 2.05) is 6.92 Å². The van der Waals surface area contributed by atoms with Crippen LogP contribution in [0.5, 0.6) is 0 Å². The Balaban J connectivity index is 3.71. The van der Waals surface area contributed by atoms with Crippen molar-refractivity contribution in [1.82, 2.24) is 5.32 Å². The summed E-state index contributed by atoms with van der Waals surface area (Å²) in [4.78, 5) is 11.1. The smallest absolute Gasteiger partial charge is 0.234 e. The molecule has 0 fully saturated rings. The number of hydrogen-bond acceptors (Lipinski definition) is 3. The molecule has 0 bridgehead atoms. The van der Waals surface area contributed by atoms with Gasteiger partial charge in [0, 0.05) is 6.61 Å². The summed E-state index contributed by atoms with van der Waals surface area (Å²) in [6.07, 6.45) is 2.89. The van der Waals surface area contributed by atoms with E-state index in [9.17, 15) is 4.79 Å². The molecule has 0 aliphatic rings. The summed E-state index contributed by atoms with van der Waals surface area (Å²) in [5, 5.41) is 3.11. The quantitative estimate of drug-likeness (QED) is 0.605. The van der Waals surface area contributed by atoms with Gasteiger partial charge in [0.15, 0.2) is 0 Å². The number of rotatable bonds is 9. The molecule has 0 aliphatic carbocycles. The van der Waals surface area contributed by atoms with E-state index in [4.69, 9.17) is 10.5 Å². The van der Waals surface area contributed by atoms with E-state index >= 15 is 0 Å². The number of hydrogen-bond donors (Lipinski definition) is 2. The van der Waals surface area contributed by atoms with Gasteiger partial charge in [-0.3, -0.25) is 4.79 Å². The molecule has 2 unspecified atom stereocenters. The van der Waals surface area contributed by atoms with Gasteiger partial charge in [-0.1, -0.05) is 13.8 Å². The zero-order valence-corrected chi connectivity index (χ0v) is 10.1. The molecule has 0 aromatic carbocycles. The summed E-state index contributed by atoms with van der Waals surface area (Å²) in [5.74, 6) is -0.295. The van der Waals surface area contributed by atoms with E-state index in [0.29, 0.717) is 13.0 Å². The molecule has 0 aromatic rings. The maximum Gasteiger partial charge on any atom is 0.234 e. The molecule has 0 saturated heterocycles. The molecule has 0 saturated carbocycles. The molecule has 4 nitrogen and oxygen atoms in total. The molecular weight excluding hydrogens is 192 g/mol. The van der Waals surface area contributed by atoms with Gasteiger partial charge in [0.25, 0.3) is 0 Å². The standard InChI is InChI=1S/C11H24N2O2/c1-4-7-13-10(11(12)14)6-8-15-9(3)5-2/h9-10,13H,4-8H2,1-3H3,(H2,12,14). The molecule has 0 aliphatic heterocycles. The Morgan fingerprint density at radius 2 is 2.13 bits per heavy atom. The summed E-state index contributed by atoms with van der Waals surface area (Å²) in [6, 6.07) is -0.256. The van der Waals surface area contributed by atoms with Crippen LogP contribution in [0.2, 0.25) is 0 Å². The highest BCUT2D eigenvalue weighted by Gasteiger charge is 2.13. The Bertz CT molecular complexity index is 174. The molecule has 0 aromatic heterocycles. The van der Waals surface area contributed by atoms with Crippen molar-refractivity contribution in [3.8, 4) is 0 Å². The second kappa shape index (κ2) is 8.68. The Kier molecular flexibility index (Phi) is 8.33. The highest BCUT2D eigenvalue weighted by atomic mass is 16.5. The third-order valence-electron chi connectivity index (χ3n) is 2.37. The second-order valence-electron chi connectivity index (χ2n) is 3.79. The van der Waals surface area contributed by atoms with Crippen molar-refractivity contribution in [2.24, 2.45) is 5.73 Å². The first-order valence-electron chi connectivity index (χ1n) is 5.76. The molecule has 0 spiro atoms. The van der Waals surface area contributed by atoms with E-state index in [-0.39, 0.29) is 18.1 Å². The molecule has 4 heteroatoms. The molecule has 0 rings (SSSR count). The average Bonchev–Trinajstić information content (AvgIpc) is 2.22. The van der Waals surface area contributed by atoms with E-state index < -0.39 is 0 Å². The van der Waals surface area contributed by atoms with Crippen molar-refractivity contribution in [1.29, 1.82) is 0 Å². The molecule has 15 heavy (non-hydrogen) atoms. The zero-order chi connectivity index (χ0) is 11.7. The fourth-order valence-electron chi connectivity index (χ4n) is 1.17. The lowest BCUT2D eigenvalue weighted by Gasteiger charge is -2.16. The van der Waals surface area contributed by atoms with Gasteiger partial charge in [0.05, 0.1) is 12.1 Å². The van der Waals surface area contributed by atoms with Gasteiger partial charge in [-0.15, -0.1) is 0 Å². The van der Waals surface area contributed by atoms with Crippen molar-refractivity contribution < 1.29 is 9.53 Å². The summed E-state index contributed by atoms with van der Waals surface area (Å²) in [6.45, 7) is 7.56. The van der Waals surface area contributed by atoms with Crippen LogP contribution in [0.4, 0.5) is 0 Å². The summed E-state index contributed by atoms with van der Waals surface area (Å²) in [5.41, 5.74) is 5.27. The maximum absolute atomic E-state index is 11.1. The number of ether oxygens (including phenoxy) is 1. The van der Waals surface area contributed by atoms with Crippen LogP contribution in [-0.2, 0) is 9.53 Å². The number of nitrogens with one attached hydrogen (secondary N) is 1. The van der Waals surface area contributed by atoms with Crippen molar-refractivity contribution in [2.75, 3.05) is 13.2 Å². The van der Waals surface area contributed by atoms with Crippen molar-refractivity contribution >= 4 is 5.91 Å². The van der Waals surface area contributed by atoms with Crippen LogP contribution in [-0.4, -0.2) is 31.2 Å². The molecule has 3 N–H and O–H groups in total. The minimum Gasteiger partial charge on any atom is -0.378 e. The van der Waals surface area contributed by atoms with Crippen molar-refractivity contribution in [3.63, 3.8) is 0 Å². The molecule has 0 radical (unpaired) electrons. The minimum absolute atomic E-state index is 0.254. The topological polar surface area (TPSA) is 64.3 Å². The van der Waals surface area contributed by atoms with Gasteiger partial charge in [-0.25, -0.2) is 0 Å². The monoisotopic (exact) mass is 216 g/mol. The summed E-state index contributed by atoms with van der Waals surface area (Å²) >= 11 is 0. The first-order chi connectivity index (χ1) is 7.11. The highest BCUT2D eigenvalue weighted by molar-refractivity contribution is 5.79. The molecular formula is C11H24N2O2. The third kappa shape index (κ3) is 7.33. The Labute approximate surface area is 92.6 Å². The Morgan fingerprint density at radius 3 is 2.60 bits per heavy atom. The van der Waals surface area contributed by atoms with Crippen LogP contribution in [0.25, 0.3) is 0 Å². The van der Waals surface area contributed by atoms with Crippen LogP contribution in [0.1, 0.15) is 40.0 Å². The SMILES string of the molecule is CCCNC(CCOC(C)CC)C(N)=O. The van der Waals surface area contributed by atoms with Crippen LogP contribution < -0.4 is 11.1 Å². The lowest BCUT2D eigenvalue weighted by molar-refractivity contribution is -0.120. The number of amides is 1.